The third-order valence-corrected chi connectivity index (χ3v) is 3.17. The summed E-state index contributed by atoms with van der Waals surface area (Å²) in [5.74, 6) is -0.204. The number of halogens is 3. The highest BCUT2D eigenvalue weighted by atomic mass is 19.4. The number of hydrogen-bond acceptors (Lipinski definition) is 4. The largest absolute Gasteiger partial charge is 0.417 e. The normalized spacial score (nSPS) is 11.8. The van der Waals surface area contributed by atoms with Gasteiger partial charge in [0.25, 0.3) is 5.91 Å². The molecule has 0 aliphatic carbocycles. The third kappa shape index (κ3) is 3.00. The number of aromatic nitrogens is 5. The van der Waals surface area contributed by atoms with E-state index >= 15 is 0 Å². The van der Waals surface area contributed by atoms with Gasteiger partial charge in [0, 0.05) is 19.4 Å². The van der Waals surface area contributed by atoms with Crippen molar-refractivity contribution in [1.82, 2.24) is 29.7 Å². The van der Waals surface area contributed by atoms with E-state index in [2.05, 4.69) is 20.6 Å². The molecule has 3 aromatic heterocycles. The number of hydrogen-bond donors (Lipinski definition) is 1. The van der Waals surface area contributed by atoms with E-state index in [-0.39, 0.29) is 18.0 Å². The summed E-state index contributed by atoms with van der Waals surface area (Å²) in [5, 5.41) is 14.0. The molecule has 0 radical (unpaired) electrons. The molecule has 3 aromatic rings. The molecule has 3 rings (SSSR count). The fourth-order valence-electron chi connectivity index (χ4n) is 2.03. The number of nitrogens with one attached hydrogen (secondary N) is 1. The summed E-state index contributed by atoms with van der Waals surface area (Å²) in [6.45, 7) is -0.0593. The van der Waals surface area contributed by atoms with E-state index < -0.39 is 17.6 Å². The zero-order valence-electron chi connectivity index (χ0n) is 11.9. The van der Waals surface area contributed by atoms with E-state index in [4.69, 9.17) is 0 Å². The quantitative estimate of drug-likeness (QED) is 0.790. The Kier molecular flexibility index (Phi) is 3.51. The first-order chi connectivity index (χ1) is 10.8. The summed E-state index contributed by atoms with van der Waals surface area (Å²) in [6, 6.07) is 2.16. The SMILES string of the molecule is Cn1cc(C(=O)NCc2nnc3ccc(C(F)(F)F)cn23)cn1. The molecule has 7 nitrogen and oxygen atoms in total. The molecule has 1 N–H and O–H groups in total. The van der Waals surface area contributed by atoms with E-state index in [1.807, 2.05) is 0 Å². The van der Waals surface area contributed by atoms with Crippen LogP contribution in [0.4, 0.5) is 13.2 Å². The van der Waals surface area contributed by atoms with E-state index in [1.165, 1.54) is 27.5 Å². The molecule has 0 saturated carbocycles. The number of nitrogens with zero attached hydrogens (tertiary/aromatic N) is 5. The Labute approximate surface area is 127 Å². The minimum absolute atomic E-state index is 0.0593. The highest BCUT2D eigenvalue weighted by Gasteiger charge is 2.31. The molecule has 0 bridgehead atoms. The van der Waals surface area contributed by atoms with Crippen LogP contribution in [-0.4, -0.2) is 30.3 Å². The summed E-state index contributed by atoms with van der Waals surface area (Å²) in [7, 11) is 1.67. The molecule has 0 aromatic carbocycles. The van der Waals surface area contributed by atoms with Gasteiger partial charge in [0.2, 0.25) is 0 Å². The zero-order chi connectivity index (χ0) is 16.6. The van der Waals surface area contributed by atoms with Gasteiger partial charge in [-0.15, -0.1) is 10.2 Å². The van der Waals surface area contributed by atoms with Crippen LogP contribution in [0.5, 0.6) is 0 Å². The van der Waals surface area contributed by atoms with Crippen molar-refractivity contribution in [1.29, 1.82) is 0 Å². The van der Waals surface area contributed by atoms with Crippen LogP contribution in [0.25, 0.3) is 5.65 Å². The fraction of sp³-hybridized carbons (Fsp3) is 0.231. The number of rotatable bonds is 3. The maximum atomic E-state index is 12.8. The molecule has 10 heteroatoms. The molecular weight excluding hydrogens is 313 g/mol. The summed E-state index contributed by atoms with van der Waals surface area (Å²) >= 11 is 0. The van der Waals surface area contributed by atoms with Crippen molar-refractivity contribution < 1.29 is 18.0 Å². The second-order valence-corrected chi connectivity index (χ2v) is 4.85. The van der Waals surface area contributed by atoms with Gasteiger partial charge in [0.05, 0.1) is 23.9 Å². The number of carbonyl (C=O) groups excluding carboxylic acids is 1. The lowest BCUT2D eigenvalue weighted by molar-refractivity contribution is -0.137. The highest BCUT2D eigenvalue weighted by molar-refractivity contribution is 5.93. The van der Waals surface area contributed by atoms with Crippen molar-refractivity contribution in [2.45, 2.75) is 12.7 Å². The maximum absolute atomic E-state index is 12.8. The van der Waals surface area contributed by atoms with Crippen LogP contribution in [0.15, 0.2) is 30.7 Å². The zero-order valence-corrected chi connectivity index (χ0v) is 11.9. The van der Waals surface area contributed by atoms with Crippen LogP contribution in [-0.2, 0) is 19.8 Å². The Morgan fingerprint density at radius 3 is 2.70 bits per heavy atom. The van der Waals surface area contributed by atoms with Gasteiger partial charge in [0.15, 0.2) is 11.5 Å². The summed E-state index contributed by atoms with van der Waals surface area (Å²) in [5.41, 5.74) is -0.203. The molecule has 0 spiro atoms. The lowest BCUT2D eigenvalue weighted by Crippen LogP contribution is -2.23. The monoisotopic (exact) mass is 324 g/mol. The van der Waals surface area contributed by atoms with Gasteiger partial charge >= 0.3 is 6.18 Å². The molecule has 1 amide bonds. The van der Waals surface area contributed by atoms with Crippen molar-refractivity contribution >= 4 is 11.6 Å². The molecule has 0 atom stereocenters. The second kappa shape index (κ2) is 5.38. The number of amides is 1. The van der Waals surface area contributed by atoms with Crippen LogP contribution in [0.1, 0.15) is 21.7 Å². The summed E-state index contributed by atoms with van der Waals surface area (Å²) < 4.78 is 40.9. The van der Waals surface area contributed by atoms with Gasteiger partial charge in [-0.3, -0.25) is 13.9 Å². The minimum atomic E-state index is -4.46. The number of alkyl halides is 3. The van der Waals surface area contributed by atoms with Crippen LogP contribution >= 0.6 is 0 Å². The standard InChI is InChI=1S/C13H11F3N6O/c1-21-6-8(4-18-21)12(23)17-5-11-20-19-10-3-2-9(7-22(10)11)13(14,15)16/h2-4,6-7H,5H2,1H3,(H,17,23). The minimum Gasteiger partial charge on any atom is -0.345 e. The fourth-order valence-corrected chi connectivity index (χ4v) is 2.03. The van der Waals surface area contributed by atoms with Crippen molar-refractivity contribution in [3.63, 3.8) is 0 Å². The topological polar surface area (TPSA) is 77.1 Å². The van der Waals surface area contributed by atoms with Crippen molar-refractivity contribution in [3.05, 3.63) is 47.7 Å². The van der Waals surface area contributed by atoms with Crippen LogP contribution in [0, 0.1) is 0 Å². The van der Waals surface area contributed by atoms with Gasteiger partial charge in [-0.2, -0.15) is 18.3 Å². The Hall–Kier alpha value is -2.91. The summed E-state index contributed by atoms with van der Waals surface area (Å²) in [6.07, 6.45) is -0.645. The third-order valence-electron chi connectivity index (χ3n) is 3.17. The highest BCUT2D eigenvalue weighted by Crippen LogP contribution is 2.29. The molecule has 0 aliphatic heterocycles. The first-order valence-electron chi connectivity index (χ1n) is 6.52. The van der Waals surface area contributed by atoms with E-state index in [1.54, 1.807) is 7.05 Å². The molecule has 23 heavy (non-hydrogen) atoms. The molecule has 120 valence electrons. The van der Waals surface area contributed by atoms with Gasteiger partial charge < -0.3 is 5.32 Å². The van der Waals surface area contributed by atoms with Gasteiger partial charge in [-0.05, 0) is 12.1 Å². The van der Waals surface area contributed by atoms with Crippen LogP contribution in [0.2, 0.25) is 0 Å². The lowest BCUT2D eigenvalue weighted by atomic mass is 10.3. The van der Waals surface area contributed by atoms with Crippen LogP contribution < -0.4 is 5.32 Å². The second-order valence-electron chi connectivity index (χ2n) is 4.85. The van der Waals surface area contributed by atoms with Gasteiger partial charge in [-0.25, -0.2) is 0 Å². The smallest absolute Gasteiger partial charge is 0.345 e. The molecule has 3 heterocycles. The van der Waals surface area contributed by atoms with E-state index in [9.17, 15) is 18.0 Å². The van der Waals surface area contributed by atoms with Crippen molar-refractivity contribution in [2.24, 2.45) is 7.05 Å². The number of carbonyl (C=O) groups is 1. The van der Waals surface area contributed by atoms with Crippen molar-refractivity contribution in [2.75, 3.05) is 0 Å². The average molecular weight is 324 g/mol. The molecule has 0 saturated heterocycles. The average Bonchev–Trinajstić information content (AvgIpc) is 3.09. The lowest BCUT2D eigenvalue weighted by Gasteiger charge is -2.07. The Balaban J connectivity index is 1.81. The number of fused-ring (bicyclic) bond motifs is 1. The maximum Gasteiger partial charge on any atom is 0.417 e. The number of pyridine rings is 1. The van der Waals surface area contributed by atoms with Crippen molar-refractivity contribution in [3.8, 4) is 0 Å². The van der Waals surface area contributed by atoms with E-state index in [0.29, 0.717) is 5.56 Å². The summed E-state index contributed by atoms with van der Waals surface area (Å²) in [4.78, 5) is 11.9. The number of aryl methyl sites for hydroxylation is 1. The predicted molar refractivity (Wildman–Crippen MR) is 72.4 cm³/mol. The molecule has 0 fully saturated rings. The molecule has 0 unspecified atom stereocenters. The van der Waals surface area contributed by atoms with E-state index in [0.717, 1.165) is 12.3 Å². The Bertz CT molecular complexity index is 866. The van der Waals surface area contributed by atoms with Gasteiger partial charge in [-0.1, -0.05) is 0 Å². The Morgan fingerprint density at radius 2 is 2.04 bits per heavy atom. The first kappa shape index (κ1) is 15.0. The van der Waals surface area contributed by atoms with Crippen LogP contribution in [0.3, 0.4) is 0 Å². The van der Waals surface area contributed by atoms with Gasteiger partial charge in [0.1, 0.15) is 0 Å². The first-order valence-corrected chi connectivity index (χ1v) is 6.52. The predicted octanol–water partition coefficient (Wildman–Crippen LogP) is 1.41. The molecule has 0 aliphatic rings. The Morgan fingerprint density at radius 1 is 1.26 bits per heavy atom. The molecular formula is C13H11F3N6O.